The Morgan fingerprint density at radius 1 is 0.839 bits per heavy atom. The zero-order chi connectivity index (χ0) is 22.2. The molecule has 0 unspecified atom stereocenters. The van der Waals surface area contributed by atoms with Crippen LogP contribution in [0.25, 0.3) is 10.8 Å². The van der Waals surface area contributed by atoms with Crippen molar-refractivity contribution in [2.75, 3.05) is 6.54 Å². The summed E-state index contributed by atoms with van der Waals surface area (Å²) >= 11 is 0. The molecule has 0 aliphatic heterocycles. The summed E-state index contributed by atoms with van der Waals surface area (Å²) in [5, 5.41) is 5.30. The van der Waals surface area contributed by atoms with E-state index in [4.69, 9.17) is 0 Å². The molecule has 0 aromatic heterocycles. The molecule has 0 bridgehead atoms. The average Bonchev–Trinajstić information content (AvgIpc) is 2.77. The lowest BCUT2D eigenvalue weighted by Crippen LogP contribution is -2.50. The second kappa shape index (κ2) is 10.8. The van der Waals surface area contributed by atoms with Crippen LogP contribution in [0.15, 0.2) is 72.8 Å². The summed E-state index contributed by atoms with van der Waals surface area (Å²) in [7, 11) is 0. The number of amides is 2. The lowest BCUT2D eigenvalue weighted by Gasteiger charge is -2.29. The maximum absolute atomic E-state index is 13.3. The fourth-order valence-electron chi connectivity index (χ4n) is 3.87. The third kappa shape index (κ3) is 6.17. The molecule has 1 N–H and O–H groups in total. The van der Waals surface area contributed by atoms with Crippen molar-refractivity contribution in [2.45, 2.75) is 52.1 Å². The molecule has 3 rings (SSSR count). The van der Waals surface area contributed by atoms with Gasteiger partial charge in [-0.25, -0.2) is 0 Å². The van der Waals surface area contributed by atoms with E-state index in [0.717, 1.165) is 17.5 Å². The highest BCUT2D eigenvalue weighted by Gasteiger charge is 2.26. The molecule has 0 aliphatic carbocycles. The fourth-order valence-corrected chi connectivity index (χ4v) is 3.87. The van der Waals surface area contributed by atoms with E-state index in [9.17, 15) is 9.59 Å². The summed E-state index contributed by atoms with van der Waals surface area (Å²) < 4.78 is 0. The summed E-state index contributed by atoms with van der Waals surface area (Å²) in [5.41, 5.74) is 2.32. The van der Waals surface area contributed by atoms with E-state index >= 15 is 0 Å². The summed E-state index contributed by atoms with van der Waals surface area (Å²) in [6, 6.07) is 24.1. The first-order valence-corrected chi connectivity index (χ1v) is 11.1. The standard InChI is InChI=1S/C27H32N2O2/c1-20(2)28-27(31)21(3)29(19-18-22-10-5-4-6-11-22)26(30)17-16-24-14-9-13-23-12-7-8-15-25(23)24/h4-15,20-21H,16-19H2,1-3H3,(H,28,31)/t21-/m1/s1. The molecule has 1 atom stereocenters. The number of fused-ring (bicyclic) bond motifs is 1. The largest absolute Gasteiger partial charge is 0.352 e. The van der Waals surface area contributed by atoms with E-state index in [1.165, 1.54) is 10.8 Å². The summed E-state index contributed by atoms with van der Waals surface area (Å²) in [6.07, 6.45) is 1.75. The highest BCUT2D eigenvalue weighted by molar-refractivity contribution is 5.89. The van der Waals surface area contributed by atoms with E-state index in [0.29, 0.717) is 19.4 Å². The second-order valence-electron chi connectivity index (χ2n) is 8.30. The van der Waals surface area contributed by atoms with Crippen molar-refractivity contribution < 1.29 is 9.59 Å². The summed E-state index contributed by atoms with van der Waals surface area (Å²) in [6.45, 7) is 6.20. The Kier molecular flexibility index (Phi) is 7.82. The van der Waals surface area contributed by atoms with Crippen LogP contribution in [0.5, 0.6) is 0 Å². The minimum absolute atomic E-state index is 0.00951. The van der Waals surface area contributed by atoms with Crippen molar-refractivity contribution in [3.05, 3.63) is 83.9 Å². The van der Waals surface area contributed by atoms with Crippen LogP contribution in [-0.4, -0.2) is 35.3 Å². The molecule has 0 heterocycles. The predicted molar refractivity (Wildman–Crippen MR) is 127 cm³/mol. The van der Waals surface area contributed by atoms with Crippen LogP contribution in [0, 0.1) is 0 Å². The number of hydrogen-bond acceptors (Lipinski definition) is 2. The molecule has 0 radical (unpaired) electrons. The van der Waals surface area contributed by atoms with Crippen LogP contribution in [0.1, 0.15) is 38.3 Å². The molecule has 0 spiro atoms. The number of benzene rings is 3. The van der Waals surface area contributed by atoms with E-state index < -0.39 is 6.04 Å². The van der Waals surface area contributed by atoms with Crippen molar-refractivity contribution >= 4 is 22.6 Å². The van der Waals surface area contributed by atoms with Crippen molar-refractivity contribution in [1.29, 1.82) is 0 Å². The van der Waals surface area contributed by atoms with Gasteiger partial charge in [0.25, 0.3) is 0 Å². The number of carbonyl (C=O) groups excluding carboxylic acids is 2. The lowest BCUT2D eigenvalue weighted by molar-refractivity contribution is -0.140. The number of nitrogens with zero attached hydrogens (tertiary/aromatic N) is 1. The molecule has 31 heavy (non-hydrogen) atoms. The predicted octanol–water partition coefficient (Wildman–Crippen LogP) is 4.76. The zero-order valence-electron chi connectivity index (χ0n) is 18.7. The van der Waals surface area contributed by atoms with E-state index in [2.05, 4.69) is 41.7 Å². The maximum atomic E-state index is 13.3. The third-order valence-corrected chi connectivity index (χ3v) is 5.57. The Bertz CT molecular complexity index is 1010. The molecule has 0 fully saturated rings. The summed E-state index contributed by atoms with van der Waals surface area (Å²) in [4.78, 5) is 27.6. The SMILES string of the molecule is CC(C)NC(=O)[C@@H](C)N(CCc1ccccc1)C(=O)CCc1cccc2ccccc12. The van der Waals surface area contributed by atoms with Crippen LogP contribution in [0.4, 0.5) is 0 Å². The molecule has 3 aromatic carbocycles. The number of nitrogens with one attached hydrogen (secondary N) is 1. The topological polar surface area (TPSA) is 49.4 Å². The number of hydrogen-bond donors (Lipinski definition) is 1. The molecule has 4 nitrogen and oxygen atoms in total. The highest BCUT2D eigenvalue weighted by atomic mass is 16.2. The van der Waals surface area contributed by atoms with E-state index in [1.807, 2.05) is 57.2 Å². The molecule has 3 aromatic rings. The second-order valence-corrected chi connectivity index (χ2v) is 8.30. The Hall–Kier alpha value is -3.14. The van der Waals surface area contributed by atoms with Crippen molar-refractivity contribution in [3.8, 4) is 0 Å². The van der Waals surface area contributed by atoms with Crippen LogP contribution in [-0.2, 0) is 22.4 Å². The molecule has 2 amide bonds. The first kappa shape index (κ1) is 22.5. The van der Waals surface area contributed by atoms with Crippen LogP contribution in [0.3, 0.4) is 0 Å². The molecular formula is C27H32N2O2. The Balaban J connectivity index is 1.73. The highest BCUT2D eigenvalue weighted by Crippen LogP contribution is 2.20. The number of aryl methyl sites for hydroxylation is 1. The average molecular weight is 417 g/mol. The van der Waals surface area contributed by atoms with Gasteiger partial charge in [0.1, 0.15) is 6.04 Å². The van der Waals surface area contributed by atoms with Crippen LogP contribution < -0.4 is 5.32 Å². The van der Waals surface area contributed by atoms with Gasteiger partial charge in [-0.05, 0) is 55.5 Å². The van der Waals surface area contributed by atoms with Gasteiger partial charge >= 0.3 is 0 Å². The lowest BCUT2D eigenvalue weighted by atomic mass is 10.0. The van der Waals surface area contributed by atoms with Gasteiger partial charge in [0.2, 0.25) is 11.8 Å². The smallest absolute Gasteiger partial charge is 0.242 e. The van der Waals surface area contributed by atoms with Gasteiger partial charge in [0.15, 0.2) is 0 Å². The van der Waals surface area contributed by atoms with E-state index in [-0.39, 0.29) is 17.9 Å². The van der Waals surface area contributed by atoms with Crippen LogP contribution in [0.2, 0.25) is 0 Å². The minimum Gasteiger partial charge on any atom is -0.352 e. The number of carbonyl (C=O) groups is 2. The van der Waals surface area contributed by atoms with Crippen molar-refractivity contribution in [3.63, 3.8) is 0 Å². The maximum Gasteiger partial charge on any atom is 0.242 e. The fraction of sp³-hybridized carbons (Fsp3) is 0.333. The van der Waals surface area contributed by atoms with Crippen molar-refractivity contribution in [1.82, 2.24) is 10.2 Å². The molecule has 0 saturated carbocycles. The van der Waals surface area contributed by atoms with E-state index in [1.54, 1.807) is 4.90 Å². The molecule has 0 aliphatic rings. The Morgan fingerprint density at radius 3 is 2.26 bits per heavy atom. The van der Waals surface area contributed by atoms with Gasteiger partial charge in [0, 0.05) is 19.0 Å². The minimum atomic E-state index is -0.508. The molecule has 0 saturated heterocycles. The first-order chi connectivity index (χ1) is 15.0. The normalized spacial score (nSPS) is 12.0. The first-order valence-electron chi connectivity index (χ1n) is 11.1. The monoisotopic (exact) mass is 416 g/mol. The van der Waals surface area contributed by atoms with Gasteiger partial charge in [-0.3, -0.25) is 9.59 Å². The molecule has 162 valence electrons. The Morgan fingerprint density at radius 2 is 1.52 bits per heavy atom. The van der Waals surface area contributed by atoms with Gasteiger partial charge in [-0.1, -0.05) is 72.8 Å². The van der Waals surface area contributed by atoms with Crippen molar-refractivity contribution in [2.24, 2.45) is 0 Å². The van der Waals surface area contributed by atoms with Gasteiger partial charge in [-0.2, -0.15) is 0 Å². The third-order valence-electron chi connectivity index (χ3n) is 5.57. The van der Waals surface area contributed by atoms with Gasteiger partial charge in [0.05, 0.1) is 0 Å². The molecule has 4 heteroatoms. The zero-order valence-corrected chi connectivity index (χ0v) is 18.7. The number of rotatable bonds is 9. The quantitative estimate of drug-likeness (QED) is 0.547. The van der Waals surface area contributed by atoms with Crippen LogP contribution >= 0.6 is 0 Å². The van der Waals surface area contributed by atoms with Gasteiger partial charge < -0.3 is 10.2 Å². The summed E-state index contributed by atoms with van der Waals surface area (Å²) in [5.74, 6) is -0.100. The van der Waals surface area contributed by atoms with Gasteiger partial charge in [-0.15, -0.1) is 0 Å². The molecular weight excluding hydrogens is 384 g/mol. The Labute approximate surface area is 185 Å².